The quantitative estimate of drug-likeness (QED) is 0.335. The Bertz CT molecular complexity index is 519. The Balaban J connectivity index is 4.97. The number of esters is 2. The first-order chi connectivity index (χ1) is 12.5. The van der Waals surface area contributed by atoms with Crippen LogP contribution < -0.4 is 0 Å². The van der Waals surface area contributed by atoms with Crippen LogP contribution in [0.3, 0.4) is 0 Å². The highest BCUT2D eigenvalue weighted by molar-refractivity contribution is 5.82. The molecule has 172 valence electrons. The highest BCUT2D eigenvalue weighted by Gasteiger charge is 2.79. The van der Waals surface area contributed by atoms with Crippen molar-refractivity contribution in [1.29, 1.82) is 0 Å². The Kier molecular flexibility index (Phi) is 7.44. The Morgan fingerprint density at radius 2 is 0.690 bits per heavy atom. The van der Waals surface area contributed by atoms with Crippen molar-refractivity contribution in [2.45, 2.75) is 42.5 Å². The van der Waals surface area contributed by atoms with Gasteiger partial charge >= 0.3 is 48.0 Å². The van der Waals surface area contributed by atoms with Gasteiger partial charge in [0.15, 0.2) is 0 Å². The van der Waals surface area contributed by atoms with Crippen molar-refractivity contribution in [3.8, 4) is 0 Å². The first kappa shape index (κ1) is 27.0. The Labute approximate surface area is 149 Å². The molecule has 0 rings (SSSR count). The second-order valence-electron chi connectivity index (χ2n) is 4.93. The van der Waals surface area contributed by atoms with Gasteiger partial charge in [0, 0.05) is 6.42 Å². The van der Waals surface area contributed by atoms with Crippen molar-refractivity contribution < 1.29 is 80.5 Å². The maximum atomic E-state index is 13.1. The van der Waals surface area contributed by atoms with Gasteiger partial charge in [-0.1, -0.05) is 0 Å². The van der Waals surface area contributed by atoms with Gasteiger partial charge in [0.2, 0.25) is 0 Å². The number of carbonyl (C=O) groups excluding carboxylic acids is 2. The zero-order chi connectivity index (χ0) is 23.7. The summed E-state index contributed by atoms with van der Waals surface area (Å²) in [7, 11) is 0. The molecule has 0 saturated carbocycles. The molecule has 0 aliphatic carbocycles. The maximum Gasteiger partial charge on any atom is 0.442 e. The average Bonchev–Trinajstić information content (AvgIpc) is 2.47. The molecule has 0 aromatic carbocycles. The number of halogens is 14. The fourth-order valence-electron chi connectivity index (χ4n) is 1.37. The summed E-state index contributed by atoms with van der Waals surface area (Å²) < 4.78 is 179. The monoisotopic (exact) mass is 468 g/mol. The summed E-state index contributed by atoms with van der Waals surface area (Å²) in [5.41, 5.74) is -13.0. The molecule has 0 atom stereocenters. The molecule has 0 unspecified atom stereocenters. The van der Waals surface area contributed by atoms with E-state index in [-0.39, 0.29) is 0 Å². The van der Waals surface area contributed by atoms with Gasteiger partial charge in [0.25, 0.3) is 0 Å². The smallest absolute Gasteiger partial charge is 0.442 e. The number of hydrogen-bond donors (Lipinski definition) is 0. The van der Waals surface area contributed by atoms with Crippen molar-refractivity contribution in [1.82, 2.24) is 0 Å². The van der Waals surface area contributed by atoms with E-state index in [9.17, 15) is 71.1 Å². The van der Waals surface area contributed by atoms with Crippen LogP contribution in [-0.2, 0) is 19.1 Å². The maximum absolute atomic E-state index is 13.1. The van der Waals surface area contributed by atoms with E-state index in [4.69, 9.17) is 0 Å². The summed E-state index contributed by atoms with van der Waals surface area (Å²) in [4.78, 5) is 21.6. The van der Waals surface area contributed by atoms with E-state index in [1.807, 2.05) is 0 Å². The summed E-state index contributed by atoms with van der Waals surface area (Å²) in [6.45, 7) is -3.36. The molecule has 0 radical (unpaired) electrons. The highest BCUT2D eigenvalue weighted by atomic mass is 19.4. The molecule has 0 amide bonds. The molecule has 0 aromatic rings. The van der Waals surface area contributed by atoms with Crippen LogP contribution in [0.5, 0.6) is 0 Å². The van der Waals surface area contributed by atoms with Gasteiger partial charge in [0.05, 0.1) is 13.2 Å². The SMILES string of the molecule is O=C(OCCCOC(=O)C(F)(C(F)(F)F)C(F)(F)F)C(F)(C(F)(F)F)C(F)(F)F. The fourth-order valence-corrected chi connectivity index (χ4v) is 1.37. The molecule has 0 aromatic heterocycles. The van der Waals surface area contributed by atoms with E-state index in [1.54, 1.807) is 0 Å². The standard InChI is InChI=1S/C11H6F14O4/c12-6(8(14,15)16,9(17,18)19)4(26)28-2-1-3-29-5(27)7(13,10(20,21)22)11(23,24)25/h1-3H2. The molecule has 0 N–H and O–H groups in total. The molecular weight excluding hydrogens is 462 g/mol. The lowest BCUT2D eigenvalue weighted by atomic mass is 10.1. The molecule has 0 aliphatic rings. The van der Waals surface area contributed by atoms with Crippen LogP contribution in [0, 0.1) is 0 Å². The molecular formula is C11H6F14O4. The minimum absolute atomic E-state index is 1.31. The lowest BCUT2D eigenvalue weighted by Gasteiger charge is -2.28. The van der Waals surface area contributed by atoms with Gasteiger partial charge in [0.1, 0.15) is 0 Å². The molecule has 0 aliphatic heterocycles. The Morgan fingerprint density at radius 1 is 0.483 bits per heavy atom. The number of ether oxygens (including phenoxy) is 2. The predicted molar refractivity (Wildman–Crippen MR) is 58.4 cm³/mol. The predicted octanol–water partition coefficient (Wildman–Crippen LogP) is 4.13. The third-order valence-electron chi connectivity index (χ3n) is 2.88. The van der Waals surface area contributed by atoms with Gasteiger partial charge in [-0.2, -0.15) is 52.7 Å². The zero-order valence-corrected chi connectivity index (χ0v) is 13.0. The van der Waals surface area contributed by atoms with Gasteiger partial charge < -0.3 is 9.47 Å². The molecule has 0 saturated heterocycles. The fraction of sp³-hybridized carbons (Fsp3) is 0.818. The second-order valence-corrected chi connectivity index (χ2v) is 4.93. The van der Waals surface area contributed by atoms with Crippen LogP contribution in [0.1, 0.15) is 6.42 Å². The molecule has 29 heavy (non-hydrogen) atoms. The van der Waals surface area contributed by atoms with Gasteiger partial charge in [-0.15, -0.1) is 0 Å². The van der Waals surface area contributed by atoms with E-state index in [1.165, 1.54) is 0 Å². The minimum atomic E-state index is -6.83. The summed E-state index contributed by atoms with van der Waals surface area (Å²) in [5, 5.41) is 0. The van der Waals surface area contributed by atoms with Crippen LogP contribution in [0.25, 0.3) is 0 Å². The Hall–Kier alpha value is -2.04. The van der Waals surface area contributed by atoms with Crippen molar-refractivity contribution in [2.24, 2.45) is 0 Å². The van der Waals surface area contributed by atoms with Crippen LogP contribution in [-0.4, -0.2) is 61.2 Å². The van der Waals surface area contributed by atoms with Crippen LogP contribution in [0.4, 0.5) is 61.5 Å². The summed E-state index contributed by atoms with van der Waals surface area (Å²) >= 11 is 0. The van der Waals surface area contributed by atoms with E-state index < -0.39 is 67.6 Å². The van der Waals surface area contributed by atoms with Crippen LogP contribution in [0.2, 0.25) is 0 Å². The number of rotatable bonds is 6. The van der Waals surface area contributed by atoms with Gasteiger partial charge in [-0.3, -0.25) is 0 Å². The molecule has 4 nitrogen and oxygen atoms in total. The number of hydrogen-bond acceptors (Lipinski definition) is 4. The van der Waals surface area contributed by atoms with E-state index in [0.29, 0.717) is 0 Å². The molecule has 0 heterocycles. The average molecular weight is 468 g/mol. The van der Waals surface area contributed by atoms with Crippen molar-refractivity contribution in [2.75, 3.05) is 13.2 Å². The van der Waals surface area contributed by atoms with Gasteiger partial charge in [-0.25, -0.2) is 18.4 Å². The zero-order valence-electron chi connectivity index (χ0n) is 13.0. The lowest BCUT2D eigenvalue weighted by molar-refractivity contribution is -0.333. The topological polar surface area (TPSA) is 52.6 Å². The molecule has 0 bridgehead atoms. The molecule has 18 heteroatoms. The van der Waals surface area contributed by atoms with Crippen molar-refractivity contribution in [3.05, 3.63) is 0 Å². The summed E-state index contributed by atoms with van der Waals surface area (Å²) in [6, 6.07) is 0. The normalized spacial score (nSPS) is 14.6. The van der Waals surface area contributed by atoms with E-state index in [0.717, 1.165) is 0 Å². The first-order valence-corrected chi connectivity index (χ1v) is 6.54. The van der Waals surface area contributed by atoms with Crippen LogP contribution >= 0.6 is 0 Å². The summed E-state index contributed by atoms with van der Waals surface area (Å²) in [5.74, 6) is -7.09. The first-order valence-electron chi connectivity index (χ1n) is 6.54. The summed E-state index contributed by atoms with van der Waals surface area (Å²) in [6.07, 6.45) is -28.6. The largest absolute Gasteiger partial charge is 0.463 e. The number of carbonyl (C=O) groups is 2. The lowest BCUT2D eigenvalue weighted by Crippen LogP contribution is -2.59. The van der Waals surface area contributed by atoms with Crippen molar-refractivity contribution in [3.63, 3.8) is 0 Å². The molecule has 0 fully saturated rings. The third kappa shape index (κ3) is 5.12. The minimum Gasteiger partial charge on any atom is -0.463 e. The van der Waals surface area contributed by atoms with E-state index >= 15 is 0 Å². The third-order valence-corrected chi connectivity index (χ3v) is 2.88. The highest BCUT2D eigenvalue weighted by Crippen LogP contribution is 2.48. The van der Waals surface area contributed by atoms with E-state index in [2.05, 4.69) is 9.47 Å². The van der Waals surface area contributed by atoms with Crippen molar-refractivity contribution >= 4 is 11.9 Å². The van der Waals surface area contributed by atoms with Crippen LogP contribution in [0.15, 0.2) is 0 Å². The Morgan fingerprint density at radius 3 is 0.862 bits per heavy atom. The second kappa shape index (κ2) is 8.00. The van der Waals surface area contributed by atoms with Gasteiger partial charge in [-0.05, 0) is 0 Å². The molecule has 0 spiro atoms. The number of alkyl halides is 14.